The van der Waals surface area contributed by atoms with Gasteiger partial charge in [0.15, 0.2) is 0 Å². The normalized spacial score (nSPS) is 13.2. The van der Waals surface area contributed by atoms with E-state index in [0.717, 1.165) is 5.69 Å². The average molecular weight is 166 g/mol. The molecule has 0 spiro atoms. The predicted molar refractivity (Wildman–Crippen MR) is 45.5 cm³/mol. The molecule has 0 fully saturated rings. The van der Waals surface area contributed by atoms with Gasteiger partial charge < -0.3 is 4.98 Å². The molecule has 1 aromatic rings. The van der Waals surface area contributed by atoms with Crippen molar-refractivity contribution in [2.45, 2.75) is 12.5 Å². The van der Waals surface area contributed by atoms with Gasteiger partial charge >= 0.3 is 0 Å². The van der Waals surface area contributed by atoms with Crippen LogP contribution in [0, 0.1) is 0 Å². The third-order valence-corrected chi connectivity index (χ3v) is 1.72. The number of carbonyl (C=O) groups excluding carboxylic acids is 1. The van der Waals surface area contributed by atoms with E-state index in [1.54, 1.807) is 12.5 Å². The van der Waals surface area contributed by atoms with Gasteiger partial charge in [-0.2, -0.15) is 0 Å². The Bertz CT molecular complexity index is 230. The zero-order valence-electron chi connectivity index (χ0n) is 7.24. The molecule has 0 aliphatic heterocycles. The number of nitrogens with one attached hydrogen (secondary N) is 1. The van der Waals surface area contributed by atoms with Gasteiger partial charge in [-0.05, 0) is 14.1 Å². The van der Waals surface area contributed by atoms with Crippen molar-refractivity contribution >= 4 is 6.29 Å². The number of likely N-dealkylation sites (N-methyl/N-ethyl adjacent to an activating group) is 1. The summed E-state index contributed by atoms with van der Waals surface area (Å²) in [4.78, 5) is 19.2. The van der Waals surface area contributed by atoms with Gasteiger partial charge in [0, 0.05) is 12.6 Å². The third kappa shape index (κ3) is 2.17. The minimum absolute atomic E-state index is 0.201. The van der Waals surface area contributed by atoms with E-state index in [1.165, 1.54) is 0 Å². The second-order valence-electron chi connectivity index (χ2n) is 2.86. The SMILES string of the molecule is CN(C)C([C]=O)Cc1c[nH]cn1. The van der Waals surface area contributed by atoms with E-state index in [9.17, 15) is 4.79 Å². The summed E-state index contributed by atoms with van der Waals surface area (Å²) in [5.41, 5.74) is 0.886. The number of hydrogen-bond acceptors (Lipinski definition) is 3. The van der Waals surface area contributed by atoms with E-state index in [0.29, 0.717) is 6.42 Å². The average Bonchev–Trinajstić information content (AvgIpc) is 2.51. The van der Waals surface area contributed by atoms with E-state index in [2.05, 4.69) is 9.97 Å². The van der Waals surface area contributed by atoms with Gasteiger partial charge in [-0.25, -0.2) is 4.98 Å². The van der Waals surface area contributed by atoms with Crippen LogP contribution in [0.4, 0.5) is 0 Å². The molecule has 1 aromatic heterocycles. The number of aromatic amines is 1. The van der Waals surface area contributed by atoms with Gasteiger partial charge in [0.2, 0.25) is 6.29 Å². The zero-order valence-corrected chi connectivity index (χ0v) is 7.24. The molecule has 0 saturated carbocycles. The number of H-pyrrole nitrogens is 1. The molecule has 0 bridgehead atoms. The fourth-order valence-corrected chi connectivity index (χ4v) is 0.930. The van der Waals surface area contributed by atoms with Crippen molar-refractivity contribution in [1.82, 2.24) is 14.9 Å². The second-order valence-corrected chi connectivity index (χ2v) is 2.86. The minimum Gasteiger partial charge on any atom is -0.351 e. The Morgan fingerprint density at radius 2 is 2.50 bits per heavy atom. The van der Waals surface area contributed by atoms with Crippen LogP contribution in [-0.4, -0.2) is 41.3 Å². The predicted octanol–water partition coefficient (Wildman–Crippen LogP) is -0.00790. The van der Waals surface area contributed by atoms with Gasteiger partial charge in [0.05, 0.1) is 18.1 Å². The van der Waals surface area contributed by atoms with Gasteiger partial charge in [0.25, 0.3) is 0 Å². The van der Waals surface area contributed by atoms with E-state index in [4.69, 9.17) is 0 Å². The largest absolute Gasteiger partial charge is 0.351 e. The lowest BCUT2D eigenvalue weighted by atomic mass is 10.2. The van der Waals surface area contributed by atoms with Crippen molar-refractivity contribution in [3.8, 4) is 0 Å². The monoisotopic (exact) mass is 166 g/mol. The van der Waals surface area contributed by atoms with E-state index >= 15 is 0 Å². The summed E-state index contributed by atoms with van der Waals surface area (Å²) in [6.07, 6.45) is 5.96. The maximum Gasteiger partial charge on any atom is 0.217 e. The molecule has 4 nitrogen and oxygen atoms in total. The van der Waals surface area contributed by atoms with Crippen LogP contribution in [0.15, 0.2) is 12.5 Å². The Kier molecular flexibility index (Phi) is 2.99. The number of rotatable bonds is 4. The molecule has 1 rings (SSSR count). The van der Waals surface area contributed by atoms with Crippen molar-refractivity contribution < 1.29 is 4.79 Å². The Hall–Kier alpha value is -1.16. The molecule has 1 heterocycles. The van der Waals surface area contributed by atoms with Crippen LogP contribution in [0.5, 0.6) is 0 Å². The number of aromatic nitrogens is 2. The highest BCUT2D eigenvalue weighted by Gasteiger charge is 2.12. The second kappa shape index (κ2) is 4.01. The lowest BCUT2D eigenvalue weighted by Crippen LogP contribution is -2.31. The number of hydrogen-bond donors (Lipinski definition) is 1. The quantitative estimate of drug-likeness (QED) is 0.684. The van der Waals surface area contributed by atoms with Crippen LogP contribution in [0.1, 0.15) is 5.69 Å². The molecule has 1 atom stereocenters. The first-order valence-corrected chi connectivity index (χ1v) is 3.76. The minimum atomic E-state index is -0.201. The molecule has 1 radical (unpaired) electrons. The van der Waals surface area contributed by atoms with Crippen molar-refractivity contribution in [2.75, 3.05) is 14.1 Å². The molecule has 0 aromatic carbocycles. The third-order valence-electron chi connectivity index (χ3n) is 1.72. The van der Waals surface area contributed by atoms with Crippen molar-refractivity contribution in [3.05, 3.63) is 18.2 Å². The van der Waals surface area contributed by atoms with E-state index in [1.807, 2.05) is 25.3 Å². The summed E-state index contributed by atoms with van der Waals surface area (Å²) in [6, 6.07) is -0.201. The fourth-order valence-electron chi connectivity index (χ4n) is 0.930. The summed E-state index contributed by atoms with van der Waals surface area (Å²) in [7, 11) is 3.70. The summed E-state index contributed by atoms with van der Waals surface area (Å²) >= 11 is 0. The summed E-state index contributed by atoms with van der Waals surface area (Å²) < 4.78 is 0. The zero-order chi connectivity index (χ0) is 8.97. The van der Waals surface area contributed by atoms with Crippen LogP contribution in [-0.2, 0) is 11.2 Å². The molecule has 65 valence electrons. The van der Waals surface area contributed by atoms with Gasteiger partial charge in [-0.3, -0.25) is 9.69 Å². The molecule has 0 saturated heterocycles. The maximum atomic E-state index is 10.5. The number of imidazole rings is 1. The van der Waals surface area contributed by atoms with Crippen molar-refractivity contribution in [3.63, 3.8) is 0 Å². The lowest BCUT2D eigenvalue weighted by molar-refractivity contribution is 0.345. The summed E-state index contributed by atoms with van der Waals surface area (Å²) in [5, 5.41) is 0. The standard InChI is InChI=1S/C8H12N3O/c1-11(2)8(5-12)3-7-4-9-6-10-7/h4,6,8H,3H2,1-2H3,(H,9,10). The molecule has 0 aliphatic carbocycles. The lowest BCUT2D eigenvalue weighted by Gasteiger charge is -2.15. The van der Waals surface area contributed by atoms with E-state index < -0.39 is 0 Å². The Morgan fingerprint density at radius 3 is 2.92 bits per heavy atom. The Morgan fingerprint density at radius 1 is 1.75 bits per heavy atom. The summed E-state index contributed by atoms with van der Waals surface area (Å²) in [5.74, 6) is 0. The van der Waals surface area contributed by atoms with E-state index in [-0.39, 0.29) is 6.04 Å². The van der Waals surface area contributed by atoms with Crippen LogP contribution in [0.2, 0.25) is 0 Å². The fraction of sp³-hybridized carbons (Fsp3) is 0.500. The van der Waals surface area contributed by atoms with Crippen molar-refractivity contribution in [1.29, 1.82) is 0 Å². The highest BCUT2D eigenvalue weighted by atomic mass is 16.1. The molecular formula is C8H12N3O. The smallest absolute Gasteiger partial charge is 0.217 e. The van der Waals surface area contributed by atoms with Gasteiger partial charge in [-0.1, -0.05) is 0 Å². The first-order chi connectivity index (χ1) is 5.74. The molecular weight excluding hydrogens is 154 g/mol. The van der Waals surface area contributed by atoms with Crippen LogP contribution in [0.3, 0.4) is 0 Å². The van der Waals surface area contributed by atoms with Crippen LogP contribution < -0.4 is 0 Å². The van der Waals surface area contributed by atoms with Crippen LogP contribution >= 0.6 is 0 Å². The van der Waals surface area contributed by atoms with Crippen LogP contribution in [0.25, 0.3) is 0 Å². The van der Waals surface area contributed by atoms with Crippen molar-refractivity contribution in [2.24, 2.45) is 0 Å². The molecule has 0 amide bonds. The summed E-state index contributed by atoms with van der Waals surface area (Å²) in [6.45, 7) is 0. The number of nitrogens with zero attached hydrogens (tertiary/aromatic N) is 2. The highest BCUT2D eigenvalue weighted by Crippen LogP contribution is 2.00. The first-order valence-electron chi connectivity index (χ1n) is 3.76. The first kappa shape index (κ1) is 8.93. The molecule has 1 N–H and O–H groups in total. The topological polar surface area (TPSA) is 49.0 Å². The molecule has 4 heteroatoms. The Labute approximate surface area is 71.6 Å². The Balaban J connectivity index is 2.54. The maximum absolute atomic E-state index is 10.5. The molecule has 0 aliphatic rings. The van der Waals surface area contributed by atoms with Gasteiger partial charge in [-0.15, -0.1) is 0 Å². The highest BCUT2D eigenvalue weighted by molar-refractivity contribution is 5.58. The molecule has 12 heavy (non-hydrogen) atoms. The molecule has 1 unspecified atom stereocenters. The van der Waals surface area contributed by atoms with Gasteiger partial charge in [0.1, 0.15) is 0 Å².